The van der Waals surface area contributed by atoms with Gasteiger partial charge >= 0.3 is 0 Å². The van der Waals surface area contributed by atoms with Crippen molar-refractivity contribution >= 4 is 23.3 Å². The lowest BCUT2D eigenvalue weighted by Crippen LogP contribution is -2.56. The molecule has 1 aliphatic heterocycles. The van der Waals surface area contributed by atoms with Crippen LogP contribution in [0.4, 0.5) is 0 Å². The van der Waals surface area contributed by atoms with E-state index in [2.05, 4.69) is 0 Å². The second-order valence-electron chi connectivity index (χ2n) is 10.1. The number of hydrogen-bond donors (Lipinski definition) is 0. The predicted octanol–water partition coefficient (Wildman–Crippen LogP) is 3.34. The molecule has 0 N–H and O–H groups in total. The fourth-order valence-corrected chi connectivity index (χ4v) is 6.87. The monoisotopic (exact) mass is 387 g/mol. The maximum absolute atomic E-state index is 13.2. The van der Waals surface area contributed by atoms with Crippen LogP contribution in [0.15, 0.2) is 0 Å². The number of likely N-dealkylation sites (tertiary alicyclic amines) is 1. The third kappa shape index (κ3) is 2.96. The van der Waals surface area contributed by atoms with E-state index in [0.717, 1.165) is 38.8 Å². The molecule has 1 saturated heterocycles. The molecule has 3 saturated carbocycles. The van der Waals surface area contributed by atoms with Crippen LogP contribution < -0.4 is 0 Å². The number of nitrogens with zero attached hydrogens (tertiary/aromatic N) is 1. The summed E-state index contributed by atoms with van der Waals surface area (Å²) in [6, 6.07) is 0. The Morgan fingerprint density at radius 3 is 2.39 bits per heavy atom. The first-order valence-corrected chi connectivity index (χ1v) is 11.1. The van der Waals surface area contributed by atoms with Crippen molar-refractivity contribution < 1.29 is 19.2 Å². The van der Waals surface area contributed by atoms with E-state index >= 15 is 0 Å². The van der Waals surface area contributed by atoms with E-state index in [-0.39, 0.29) is 47.4 Å². The molecule has 1 amide bonds. The molecular formula is C23H33NO4. The highest BCUT2D eigenvalue weighted by molar-refractivity contribution is 5.99. The minimum atomic E-state index is -0.752. The number of Topliss-reactive ketones (excluding diaryl/α,β-unsaturated/α-hetero) is 3. The number of fused-ring (bicyclic) bond motifs is 3. The Morgan fingerprint density at radius 1 is 1.00 bits per heavy atom. The molecule has 0 radical (unpaired) electrons. The molecule has 4 fully saturated rings. The third-order valence-corrected chi connectivity index (χ3v) is 8.57. The van der Waals surface area contributed by atoms with Gasteiger partial charge in [-0.05, 0) is 50.4 Å². The molecule has 28 heavy (non-hydrogen) atoms. The second kappa shape index (κ2) is 7.07. The van der Waals surface area contributed by atoms with Crippen LogP contribution in [0.3, 0.4) is 0 Å². The van der Waals surface area contributed by atoms with Crippen LogP contribution in [-0.2, 0) is 19.2 Å². The van der Waals surface area contributed by atoms with Crippen molar-refractivity contribution in [1.82, 2.24) is 4.90 Å². The lowest BCUT2D eigenvalue weighted by Gasteiger charge is -2.53. The van der Waals surface area contributed by atoms with Gasteiger partial charge in [-0.15, -0.1) is 0 Å². The zero-order chi connectivity index (χ0) is 20.1. The van der Waals surface area contributed by atoms with E-state index in [1.807, 2.05) is 18.7 Å². The molecule has 0 aromatic rings. The molecule has 4 aliphatic rings. The summed E-state index contributed by atoms with van der Waals surface area (Å²) in [7, 11) is 0. The summed E-state index contributed by atoms with van der Waals surface area (Å²) in [6.45, 7) is 5.52. The van der Waals surface area contributed by atoms with Crippen LogP contribution in [0.25, 0.3) is 0 Å². The van der Waals surface area contributed by atoms with E-state index in [4.69, 9.17) is 0 Å². The van der Waals surface area contributed by atoms with Gasteiger partial charge in [0, 0.05) is 55.5 Å². The standard InChI is InChI=1S/C23H33NO4/c1-22(11-10-20(28)24-12-4-3-5-13-24)18(26)8-6-15-16-7-9-19(27)23(16,2)14-17(25)21(15)22/h15-16,21H,3-14H2,1-2H3. The second-order valence-corrected chi connectivity index (χ2v) is 10.1. The Hall–Kier alpha value is -1.52. The van der Waals surface area contributed by atoms with Crippen LogP contribution in [0.5, 0.6) is 0 Å². The van der Waals surface area contributed by atoms with Crippen LogP contribution in [0.2, 0.25) is 0 Å². The van der Waals surface area contributed by atoms with Crippen molar-refractivity contribution in [1.29, 1.82) is 0 Å². The first-order chi connectivity index (χ1) is 13.3. The predicted molar refractivity (Wildman–Crippen MR) is 104 cm³/mol. The van der Waals surface area contributed by atoms with Gasteiger partial charge in [-0.2, -0.15) is 0 Å². The molecule has 5 unspecified atom stereocenters. The van der Waals surface area contributed by atoms with Gasteiger partial charge in [-0.1, -0.05) is 13.8 Å². The van der Waals surface area contributed by atoms with Gasteiger partial charge in [-0.25, -0.2) is 0 Å². The van der Waals surface area contributed by atoms with E-state index < -0.39 is 10.8 Å². The van der Waals surface area contributed by atoms with E-state index in [9.17, 15) is 19.2 Å². The summed E-state index contributed by atoms with van der Waals surface area (Å²) in [5.74, 6) is 0.593. The maximum atomic E-state index is 13.2. The number of hydrogen-bond acceptors (Lipinski definition) is 4. The molecular weight excluding hydrogens is 354 g/mol. The van der Waals surface area contributed by atoms with Crippen LogP contribution in [0.1, 0.15) is 78.1 Å². The normalized spacial score (nSPS) is 41.0. The van der Waals surface area contributed by atoms with Crippen molar-refractivity contribution in [3.63, 3.8) is 0 Å². The minimum Gasteiger partial charge on any atom is -0.343 e. The number of amides is 1. The van der Waals surface area contributed by atoms with Gasteiger partial charge in [0.15, 0.2) is 0 Å². The third-order valence-electron chi connectivity index (χ3n) is 8.57. The molecule has 0 spiro atoms. The molecule has 154 valence electrons. The molecule has 1 heterocycles. The Bertz CT molecular complexity index is 709. The van der Waals surface area contributed by atoms with Gasteiger partial charge in [0.1, 0.15) is 17.3 Å². The summed E-state index contributed by atoms with van der Waals surface area (Å²) in [5.41, 5.74) is -1.28. The fraction of sp³-hybridized carbons (Fsp3) is 0.826. The summed E-state index contributed by atoms with van der Waals surface area (Å²) in [6.07, 6.45) is 6.99. The average molecular weight is 388 g/mol. The average Bonchev–Trinajstić information content (AvgIpc) is 2.97. The zero-order valence-electron chi connectivity index (χ0n) is 17.3. The molecule has 0 bridgehead atoms. The highest BCUT2D eigenvalue weighted by Gasteiger charge is 2.62. The van der Waals surface area contributed by atoms with E-state index in [1.54, 1.807) is 0 Å². The number of piperidine rings is 1. The van der Waals surface area contributed by atoms with Gasteiger partial charge in [0.05, 0.1) is 0 Å². The van der Waals surface area contributed by atoms with Crippen molar-refractivity contribution in [3.05, 3.63) is 0 Å². The van der Waals surface area contributed by atoms with E-state index in [0.29, 0.717) is 25.7 Å². The molecule has 0 aromatic heterocycles. The van der Waals surface area contributed by atoms with Crippen LogP contribution in [-0.4, -0.2) is 41.2 Å². The molecule has 4 rings (SSSR count). The fourth-order valence-electron chi connectivity index (χ4n) is 6.87. The van der Waals surface area contributed by atoms with Crippen molar-refractivity contribution in [2.24, 2.45) is 28.6 Å². The Labute approximate surface area is 167 Å². The summed E-state index contributed by atoms with van der Waals surface area (Å²) in [5, 5.41) is 0. The van der Waals surface area contributed by atoms with Gasteiger partial charge in [-0.3, -0.25) is 19.2 Å². The van der Waals surface area contributed by atoms with Crippen molar-refractivity contribution in [2.75, 3.05) is 13.1 Å². The molecule has 5 heteroatoms. The Kier molecular flexibility index (Phi) is 4.99. The number of rotatable bonds is 3. The van der Waals surface area contributed by atoms with Crippen molar-refractivity contribution in [3.8, 4) is 0 Å². The van der Waals surface area contributed by atoms with Crippen LogP contribution >= 0.6 is 0 Å². The molecule has 5 nitrogen and oxygen atoms in total. The van der Waals surface area contributed by atoms with Gasteiger partial charge < -0.3 is 4.90 Å². The van der Waals surface area contributed by atoms with Gasteiger partial charge in [0.25, 0.3) is 0 Å². The lowest BCUT2D eigenvalue weighted by atomic mass is 9.48. The van der Waals surface area contributed by atoms with E-state index in [1.165, 1.54) is 6.42 Å². The van der Waals surface area contributed by atoms with Crippen molar-refractivity contribution in [2.45, 2.75) is 78.1 Å². The minimum absolute atomic E-state index is 0.0833. The first-order valence-electron chi connectivity index (χ1n) is 11.1. The number of ketones is 3. The van der Waals surface area contributed by atoms with Gasteiger partial charge in [0.2, 0.25) is 5.91 Å². The SMILES string of the molecule is CC12CC(=O)C3C(CCC(=O)C3(C)CCC(=O)N3CCCCC3)C1CCC2=O. The topological polar surface area (TPSA) is 71.5 Å². The molecule has 0 aromatic carbocycles. The first kappa shape index (κ1) is 19.8. The highest BCUT2D eigenvalue weighted by Crippen LogP contribution is 2.60. The lowest BCUT2D eigenvalue weighted by molar-refractivity contribution is -0.160. The smallest absolute Gasteiger partial charge is 0.222 e. The highest BCUT2D eigenvalue weighted by atomic mass is 16.2. The number of carbonyl (C=O) groups is 4. The zero-order valence-corrected chi connectivity index (χ0v) is 17.3. The quantitative estimate of drug-likeness (QED) is 0.745. The number of carbonyl (C=O) groups excluding carboxylic acids is 4. The molecule has 3 aliphatic carbocycles. The Balaban J connectivity index is 1.54. The summed E-state index contributed by atoms with van der Waals surface area (Å²) < 4.78 is 0. The van der Waals surface area contributed by atoms with Crippen LogP contribution in [0, 0.1) is 28.6 Å². The largest absolute Gasteiger partial charge is 0.343 e. The Morgan fingerprint density at radius 2 is 1.68 bits per heavy atom. The maximum Gasteiger partial charge on any atom is 0.222 e. The summed E-state index contributed by atoms with van der Waals surface area (Å²) >= 11 is 0. The summed E-state index contributed by atoms with van der Waals surface area (Å²) in [4.78, 5) is 53.3. The molecule has 5 atom stereocenters.